The van der Waals surface area contributed by atoms with Crippen LogP contribution in [0.15, 0.2) is 181 Å². The molecule has 0 amide bonds. The second-order valence-electron chi connectivity index (χ2n) is 22.8. The van der Waals surface area contributed by atoms with Crippen LogP contribution in [0.2, 0.25) is 5.28 Å². The number of hydrogen-bond acceptors (Lipinski definition) is 16. The number of aromatic nitrogens is 10. The summed E-state index contributed by atoms with van der Waals surface area (Å²) in [5, 5.41) is 15.6. The van der Waals surface area contributed by atoms with E-state index in [4.69, 9.17) is 25.9 Å². The van der Waals surface area contributed by atoms with Gasteiger partial charge in [0.25, 0.3) is 20.0 Å². The number of sulfonamides is 2. The summed E-state index contributed by atoms with van der Waals surface area (Å²) in [4.78, 5) is 25.8. The van der Waals surface area contributed by atoms with Gasteiger partial charge in [0.2, 0.25) is 11.1 Å². The van der Waals surface area contributed by atoms with Crippen LogP contribution in [0.4, 0.5) is 11.6 Å². The Morgan fingerprint density at radius 2 is 0.920 bits per heavy atom. The Labute approximate surface area is 517 Å². The van der Waals surface area contributed by atoms with Crippen molar-refractivity contribution in [2.45, 2.75) is 137 Å². The summed E-state index contributed by atoms with van der Waals surface area (Å²) in [6.45, 7) is 19.5. The molecule has 87 heavy (non-hydrogen) atoms. The lowest BCUT2D eigenvalue weighted by atomic mass is 9.85. The molecule has 0 aliphatic carbocycles. The summed E-state index contributed by atoms with van der Waals surface area (Å²) in [5.41, 5.74) is 6.43. The Balaban J connectivity index is 0.000000213. The molecule has 20 nitrogen and oxygen atoms in total. The van der Waals surface area contributed by atoms with Crippen LogP contribution >= 0.6 is 11.6 Å². The zero-order valence-corrected chi connectivity index (χ0v) is 50.7. The fourth-order valence-corrected chi connectivity index (χ4v) is 11.5. The van der Waals surface area contributed by atoms with Crippen molar-refractivity contribution in [1.29, 1.82) is 0 Å². The molecule has 24 heteroatoms. The highest BCUT2D eigenvalue weighted by molar-refractivity contribution is 7.89. The SMILES string of the molecule is C.C.C.CC(C)(C)NS(=O)(=O)c1cncc(-c2nc(NCc3ccccc3)c3c(-c4ccccc4)ccn3n2)n1.CC(C)(C)NS(=O)(=O)c1cncc(B2OC(C)(C)C(C)(C)O2)n1.Clc1nc(NCc2ccccc2)c2c(-c3ccccc3)ccn2n1. The maximum absolute atomic E-state index is 12.9. The third kappa shape index (κ3) is 16.9. The molecule has 4 aromatic carbocycles. The van der Waals surface area contributed by atoms with Gasteiger partial charge in [-0.25, -0.2) is 50.3 Å². The largest absolute Gasteiger partial charge is 0.516 e. The van der Waals surface area contributed by atoms with Gasteiger partial charge in [-0.1, -0.05) is 144 Å². The van der Waals surface area contributed by atoms with E-state index in [2.05, 4.69) is 79.5 Å². The number of halogens is 1. The molecular weight excluding hydrogens is 1160 g/mol. The first kappa shape index (κ1) is 68.1. The van der Waals surface area contributed by atoms with Gasteiger partial charge >= 0.3 is 7.12 Å². The van der Waals surface area contributed by atoms with Crippen LogP contribution in [0.5, 0.6) is 0 Å². The van der Waals surface area contributed by atoms with E-state index in [-0.39, 0.29) is 49.1 Å². The monoisotopic (exact) mass is 1240 g/mol. The Hall–Kier alpha value is -8.03. The van der Waals surface area contributed by atoms with Crippen molar-refractivity contribution in [1.82, 2.24) is 58.6 Å². The molecule has 0 radical (unpaired) electrons. The van der Waals surface area contributed by atoms with Crippen molar-refractivity contribution >= 4 is 67.0 Å². The van der Waals surface area contributed by atoms with Gasteiger partial charge in [0, 0.05) is 53.9 Å². The minimum atomic E-state index is -3.88. The molecule has 458 valence electrons. The van der Waals surface area contributed by atoms with Gasteiger partial charge in [-0.3, -0.25) is 9.97 Å². The lowest BCUT2D eigenvalue weighted by molar-refractivity contribution is 0.00578. The zero-order chi connectivity index (χ0) is 60.1. The number of benzene rings is 4. The van der Waals surface area contributed by atoms with Crippen LogP contribution in [-0.4, -0.2) is 95.4 Å². The second-order valence-corrected chi connectivity index (χ2v) is 26.4. The Bertz CT molecular complexity index is 4120. The topological polar surface area (TPSA) is 247 Å². The maximum atomic E-state index is 12.9. The molecule has 0 spiro atoms. The molecule has 10 aromatic rings. The first-order chi connectivity index (χ1) is 39.7. The Morgan fingerprint density at radius 3 is 1.37 bits per heavy atom. The summed E-state index contributed by atoms with van der Waals surface area (Å²) in [6.07, 6.45) is 9.10. The highest BCUT2D eigenvalue weighted by atomic mass is 35.5. The van der Waals surface area contributed by atoms with Crippen LogP contribution in [0, 0.1) is 0 Å². The van der Waals surface area contributed by atoms with Crippen molar-refractivity contribution in [3.8, 4) is 33.8 Å². The smallest absolute Gasteiger partial charge is 0.398 e. The van der Waals surface area contributed by atoms with E-state index < -0.39 is 49.4 Å². The molecule has 4 N–H and O–H groups in total. The highest BCUT2D eigenvalue weighted by Gasteiger charge is 2.52. The average Bonchev–Trinajstić information content (AvgIpc) is 1.82. The molecule has 0 saturated carbocycles. The fraction of sp³-hybridized carbons (Fsp3) is 0.302. The van der Waals surface area contributed by atoms with Crippen molar-refractivity contribution < 1.29 is 26.1 Å². The van der Waals surface area contributed by atoms with Gasteiger partial charge < -0.3 is 19.9 Å². The van der Waals surface area contributed by atoms with Gasteiger partial charge in [0.05, 0.1) is 35.4 Å². The van der Waals surface area contributed by atoms with Crippen LogP contribution < -0.4 is 25.7 Å². The molecule has 11 rings (SSSR count). The van der Waals surface area contributed by atoms with Crippen molar-refractivity contribution in [3.05, 3.63) is 187 Å². The van der Waals surface area contributed by atoms with Crippen LogP contribution in [0.3, 0.4) is 0 Å². The van der Waals surface area contributed by atoms with E-state index in [0.29, 0.717) is 24.5 Å². The van der Waals surface area contributed by atoms with E-state index >= 15 is 0 Å². The quantitative estimate of drug-likeness (QED) is 0.0739. The molecule has 7 heterocycles. The lowest BCUT2D eigenvalue weighted by Gasteiger charge is -2.32. The molecule has 0 unspecified atom stereocenters. The second kappa shape index (κ2) is 27.8. The minimum absolute atomic E-state index is 0. The minimum Gasteiger partial charge on any atom is -0.398 e. The third-order valence-electron chi connectivity index (χ3n) is 13.2. The fourth-order valence-electron chi connectivity index (χ4n) is 8.71. The Morgan fingerprint density at radius 1 is 0.517 bits per heavy atom. The van der Waals surface area contributed by atoms with Crippen LogP contribution in [0.1, 0.15) is 103 Å². The standard InChI is InChI=1S/C27H27N7O2S.C19H15ClN4.C14H24BN3O4S.3CH4/c1-27(2,3)33-37(35,36)23-18-28-17-22(30-23)25-31-26(29-16-19-10-6-4-7-11-19)24-21(14-15-34(24)32-25)20-12-8-5-9-13-20;20-19-22-18(21-13-14-7-3-1-4-8-14)17-16(11-12-24(17)23-19)15-9-5-2-6-10-15;1-12(2,3)18-23(19,20)11-9-16-8-10(17-11)15-21-13(4,5)14(6,7)22-15;;;/h4-15,17-18,33H,16H2,1-3H3,(H,29,31,32);1-12H,13H2,(H,21,22,23);8-9,18H,1-7H3;3*1H4. The van der Waals surface area contributed by atoms with E-state index in [1.54, 1.807) is 50.6 Å². The molecule has 1 fully saturated rings. The van der Waals surface area contributed by atoms with Gasteiger partial charge in [0.1, 0.15) is 16.7 Å². The van der Waals surface area contributed by atoms with Crippen molar-refractivity contribution in [2.24, 2.45) is 0 Å². The molecule has 0 bridgehead atoms. The number of anilines is 2. The zero-order valence-electron chi connectivity index (χ0n) is 48.3. The summed E-state index contributed by atoms with van der Waals surface area (Å²) < 4.78 is 70.9. The summed E-state index contributed by atoms with van der Waals surface area (Å²) in [5.74, 6) is 1.57. The number of nitrogens with zero attached hydrogens (tertiary/aromatic N) is 10. The predicted octanol–water partition coefficient (Wildman–Crippen LogP) is 12.0. The first-order valence-electron chi connectivity index (χ1n) is 26.9. The first-order valence-corrected chi connectivity index (χ1v) is 30.3. The van der Waals surface area contributed by atoms with E-state index in [0.717, 1.165) is 44.7 Å². The Kier molecular flexibility index (Phi) is 21.7. The lowest BCUT2D eigenvalue weighted by Crippen LogP contribution is -2.43. The molecule has 1 saturated heterocycles. The molecular formula is C63H78BClN14O6S2. The number of fused-ring (bicyclic) bond motifs is 2. The summed E-state index contributed by atoms with van der Waals surface area (Å²) in [7, 11) is -8.40. The molecule has 1 aliphatic rings. The third-order valence-corrected chi connectivity index (χ3v) is 16.6. The van der Waals surface area contributed by atoms with Crippen molar-refractivity contribution in [3.63, 3.8) is 0 Å². The van der Waals surface area contributed by atoms with Crippen LogP contribution in [0.25, 0.3) is 44.8 Å². The number of nitrogens with one attached hydrogen (secondary N) is 4. The number of rotatable bonds is 14. The molecule has 1 aliphatic heterocycles. The van der Waals surface area contributed by atoms with Gasteiger partial charge in [-0.2, -0.15) is 4.98 Å². The predicted molar refractivity (Wildman–Crippen MR) is 349 cm³/mol. The van der Waals surface area contributed by atoms with Gasteiger partial charge in [0.15, 0.2) is 21.7 Å². The van der Waals surface area contributed by atoms with E-state index in [9.17, 15) is 16.8 Å². The summed E-state index contributed by atoms with van der Waals surface area (Å²) in [6, 6.07) is 44.4. The average molecular weight is 1240 g/mol. The summed E-state index contributed by atoms with van der Waals surface area (Å²) >= 11 is 6.08. The normalized spacial score (nSPS) is 13.6. The number of hydrogen-bond donors (Lipinski definition) is 4. The van der Waals surface area contributed by atoms with Gasteiger partial charge in [-0.15, -0.1) is 10.2 Å². The maximum Gasteiger partial charge on any atom is 0.516 e. The molecule has 6 aromatic heterocycles. The van der Waals surface area contributed by atoms with Gasteiger partial charge in [-0.05, 0) is 115 Å². The van der Waals surface area contributed by atoms with E-state index in [1.165, 1.54) is 30.4 Å². The van der Waals surface area contributed by atoms with E-state index in [1.807, 2.05) is 149 Å². The van der Waals surface area contributed by atoms with Crippen LogP contribution in [-0.2, 0) is 42.4 Å². The van der Waals surface area contributed by atoms with Crippen molar-refractivity contribution in [2.75, 3.05) is 10.6 Å². The highest BCUT2D eigenvalue weighted by Crippen LogP contribution is 2.37. The molecule has 0 atom stereocenters.